The first-order valence-corrected chi connectivity index (χ1v) is 8.91. The largest absolute Gasteiger partial charge is 0.364 e. The van der Waals surface area contributed by atoms with Gasteiger partial charge in [-0.3, -0.25) is 10.2 Å². The van der Waals surface area contributed by atoms with Crippen LogP contribution in [0.25, 0.3) is 0 Å². The zero-order valence-electron chi connectivity index (χ0n) is 15.5. The van der Waals surface area contributed by atoms with Crippen molar-refractivity contribution in [1.82, 2.24) is 20.4 Å². The van der Waals surface area contributed by atoms with E-state index in [0.29, 0.717) is 11.3 Å². The van der Waals surface area contributed by atoms with Gasteiger partial charge >= 0.3 is 0 Å². The number of anilines is 1. The van der Waals surface area contributed by atoms with Crippen molar-refractivity contribution >= 4 is 11.6 Å². The molecule has 1 unspecified atom stereocenters. The molecule has 4 rings (SSSR count). The van der Waals surface area contributed by atoms with Crippen LogP contribution in [0, 0.1) is 28.5 Å². The summed E-state index contributed by atoms with van der Waals surface area (Å²) in [5.41, 5.74) is 5.47. The summed E-state index contributed by atoms with van der Waals surface area (Å²) in [5.74, 6) is -1.07. The number of nitriles is 2. The molecule has 1 aliphatic rings. The van der Waals surface area contributed by atoms with E-state index in [9.17, 15) is 14.4 Å². The van der Waals surface area contributed by atoms with E-state index in [1.165, 1.54) is 30.9 Å². The molecule has 0 saturated heterocycles. The van der Waals surface area contributed by atoms with Gasteiger partial charge in [-0.1, -0.05) is 12.1 Å². The molecule has 3 aromatic rings. The predicted octanol–water partition coefficient (Wildman–Crippen LogP) is 2.63. The number of halogens is 1. The number of hydrogen-bond acceptors (Lipinski definition) is 7. The summed E-state index contributed by atoms with van der Waals surface area (Å²) in [5, 5.41) is 23.2. The first-order chi connectivity index (χ1) is 14.6. The van der Waals surface area contributed by atoms with Gasteiger partial charge in [-0.2, -0.15) is 15.5 Å². The van der Waals surface area contributed by atoms with Gasteiger partial charge in [-0.05, 0) is 35.4 Å². The summed E-state index contributed by atoms with van der Waals surface area (Å²) < 4.78 is 14.1. The fourth-order valence-corrected chi connectivity index (χ4v) is 3.30. The van der Waals surface area contributed by atoms with Gasteiger partial charge in [0.05, 0.1) is 22.8 Å². The molecule has 0 spiro atoms. The van der Waals surface area contributed by atoms with E-state index in [0.717, 1.165) is 11.1 Å². The van der Waals surface area contributed by atoms with Gasteiger partial charge in [0.25, 0.3) is 5.91 Å². The lowest BCUT2D eigenvalue weighted by molar-refractivity contribution is 0.0732. The number of hydrazine groups is 1. The maximum atomic E-state index is 14.1. The van der Waals surface area contributed by atoms with Crippen molar-refractivity contribution in [2.24, 2.45) is 0 Å². The van der Waals surface area contributed by atoms with Crippen LogP contribution in [0.1, 0.15) is 38.8 Å². The van der Waals surface area contributed by atoms with Crippen LogP contribution >= 0.6 is 0 Å². The summed E-state index contributed by atoms with van der Waals surface area (Å²) in [7, 11) is 0. The minimum absolute atomic E-state index is 0.0617. The molecule has 0 fully saturated rings. The van der Waals surface area contributed by atoms with Crippen LogP contribution in [0.15, 0.2) is 55.1 Å². The summed E-state index contributed by atoms with van der Waals surface area (Å²) in [4.78, 5) is 20.3. The van der Waals surface area contributed by atoms with Crippen molar-refractivity contribution in [2.75, 3.05) is 5.32 Å². The molecule has 146 valence electrons. The number of amides is 1. The molecule has 8 nitrogen and oxygen atoms in total. The average Bonchev–Trinajstić information content (AvgIpc) is 3.11. The molecule has 0 bridgehead atoms. The first kappa shape index (κ1) is 19.0. The van der Waals surface area contributed by atoms with Crippen molar-refractivity contribution in [1.29, 1.82) is 10.5 Å². The Kier molecular flexibility index (Phi) is 5.04. The standard InChI is InChI=1S/C21H14FN7O/c22-19-6-16(5-4-14(19)8-24)27-20-17-3-1-2-13(7-23)18(17)11-29(20)28-21(30)15-9-25-12-26-10-15/h1-6,9-10,12,20,27H,11H2,(H,28,30). The third-order valence-electron chi connectivity index (χ3n) is 4.73. The van der Waals surface area contributed by atoms with Gasteiger partial charge in [0.2, 0.25) is 0 Å². The van der Waals surface area contributed by atoms with Crippen molar-refractivity contribution in [3.05, 3.63) is 88.8 Å². The highest BCUT2D eigenvalue weighted by Gasteiger charge is 2.33. The molecule has 2 aromatic carbocycles. The first-order valence-electron chi connectivity index (χ1n) is 8.91. The number of hydrogen-bond donors (Lipinski definition) is 2. The van der Waals surface area contributed by atoms with Crippen LogP contribution in [0.3, 0.4) is 0 Å². The molecular formula is C21H14FN7O. The van der Waals surface area contributed by atoms with Crippen LogP contribution in [0.2, 0.25) is 0 Å². The molecule has 30 heavy (non-hydrogen) atoms. The lowest BCUT2D eigenvalue weighted by Gasteiger charge is -2.27. The fraction of sp³-hybridized carbons (Fsp3) is 0.0952. The summed E-state index contributed by atoms with van der Waals surface area (Å²) in [6, 6.07) is 13.4. The Hall–Kier alpha value is -4.34. The number of aromatic nitrogens is 2. The highest BCUT2D eigenvalue weighted by molar-refractivity contribution is 5.93. The van der Waals surface area contributed by atoms with E-state index in [1.807, 2.05) is 6.07 Å². The molecule has 2 N–H and O–H groups in total. The monoisotopic (exact) mass is 399 g/mol. The Bertz CT molecular complexity index is 1200. The molecule has 1 atom stereocenters. The molecule has 9 heteroatoms. The number of carbonyl (C=O) groups is 1. The van der Waals surface area contributed by atoms with E-state index in [-0.39, 0.29) is 17.7 Å². The number of carbonyl (C=O) groups excluding carboxylic acids is 1. The Balaban J connectivity index is 1.67. The number of benzene rings is 2. The molecular weight excluding hydrogens is 385 g/mol. The van der Waals surface area contributed by atoms with Crippen LogP contribution in [0.5, 0.6) is 0 Å². The third-order valence-corrected chi connectivity index (χ3v) is 4.73. The second-order valence-corrected chi connectivity index (χ2v) is 6.53. The molecule has 1 aromatic heterocycles. The third kappa shape index (κ3) is 3.53. The normalized spacial score (nSPS) is 15.0. The van der Waals surface area contributed by atoms with Crippen molar-refractivity contribution in [3.63, 3.8) is 0 Å². The highest BCUT2D eigenvalue weighted by atomic mass is 19.1. The maximum Gasteiger partial charge on any atom is 0.268 e. The van der Waals surface area contributed by atoms with Crippen LogP contribution in [-0.4, -0.2) is 20.9 Å². The summed E-state index contributed by atoms with van der Waals surface area (Å²) in [6.07, 6.45) is 3.55. The van der Waals surface area contributed by atoms with E-state index in [2.05, 4.69) is 26.8 Å². The van der Waals surface area contributed by atoms with E-state index in [4.69, 9.17) is 5.26 Å². The molecule has 0 radical (unpaired) electrons. The fourth-order valence-electron chi connectivity index (χ4n) is 3.30. The highest BCUT2D eigenvalue weighted by Crippen LogP contribution is 2.35. The van der Waals surface area contributed by atoms with Crippen molar-refractivity contribution in [2.45, 2.75) is 12.7 Å². The Morgan fingerprint density at radius 1 is 1.13 bits per heavy atom. The number of rotatable bonds is 4. The topological polar surface area (TPSA) is 118 Å². The van der Waals surface area contributed by atoms with Gasteiger partial charge in [0, 0.05) is 24.6 Å². The SMILES string of the molecule is N#Cc1ccc(NC2c3cccc(C#N)c3CN2NC(=O)c2cncnc2)cc1F. The molecule has 1 aliphatic heterocycles. The van der Waals surface area contributed by atoms with Crippen LogP contribution < -0.4 is 10.7 Å². The minimum Gasteiger partial charge on any atom is -0.364 e. The lowest BCUT2D eigenvalue weighted by Crippen LogP contribution is -2.43. The second kappa shape index (κ2) is 7.95. The number of nitrogens with zero attached hydrogens (tertiary/aromatic N) is 5. The van der Waals surface area contributed by atoms with Gasteiger partial charge in [-0.25, -0.2) is 14.4 Å². The Morgan fingerprint density at radius 3 is 2.60 bits per heavy atom. The zero-order chi connectivity index (χ0) is 21.1. The molecule has 0 aliphatic carbocycles. The zero-order valence-corrected chi connectivity index (χ0v) is 15.5. The second-order valence-electron chi connectivity index (χ2n) is 6.53. The predicted molar refractivity (Wildman–Crippen MR) is 104 cm³/mol. The number of fused-ring (bicyclic) bond motifs is 1. The lowest BCUT2D eigenvalue weighted by atomic mass is 10.0. The minimum atomic E-state index is -0.650. The molecule has 2 heterocycles. The molecule has 1 amide bonds. The van der Waals surface area contributed by atoms with Gasteiger partial charge in [-0.15, -0.1) is 0 Å². The van der Waals surface area contributed by atoms with E-state index in [1.54, 1.807) is 29.3 Å². The van der Waals surface area contributed by atoms with Crippen molar-refractivity contribution in [3.8, 4) is 12.1 Å². The summed E-state index contributed by atoms with van der Waals surface area (Å²) >= 11 is 0. The molecule has 0 saturated carbocycles. The van der Waals surface area contributed by atoms with Crippen LogP contribution in [-0.2, 0) is 6.54 Å². The van der Waals surface area contributed by atoms with Gasteiger partial charge in [0.15, 0.2) is 0 Å². The van der Waals surface area contributed by atoms with Gasteiger partial charge < -0.3 is 5.32 Å². The van der Waals surface area contributed by atoms with Crippen LogP contribution in [0.4, 0.5) is 10.1 Å². The summed E-state index contributed by atoms with van der Waals surface area (Å²) in [6.45, 7) is 0.273. The van der Waals surface area contributed by atoms with E-state index >= 15 is 0 Å². The smallest absolute Gasteiger partial charge is 0.268 e. The Labute approximate surface area is 171 Å². The van der Waals surface area contributed by atoms with E-state index < -0.39 is 17.9 Å². The quantitative estimate of drug-likeness (QED) is 0.692. The van der Waals surface area contributed by atoms with Gasteiger partial charge in [0.1, 0.15) is 24.4 Å². The Morgan fingerprint density at radius 2 is 1.90 bits per heavy atom. The maximum absolute atomic E-state index is 14.1. The number of nitrogens with one attached hydrogen (secondary N) is 2. The average molecular weight is 399 g/mol. The van der Waals surface area contributed by atoms with Crippen molar-refractivity contribution < 1.29 is 9.18 Å².